The van der Waals surface area contributed by atoms with Gasteiger partial charge in [0.1, 0.15) is 23.5 Å². The highest BCUT2D eigenvalue weighted by Gasteiger charge is 2.35. The Balaban J connectivity index is 0.000000930. The van der Waals surface area contributed by atoms with Gasteiger partial charge in [0.15, 0.2) is 0 Å². The summed E-state index contributed by atoms with van der Waals surface area (Å²) in [6.45, 7) is 3.36. The van der Waals surface area contributed by atoms with Crippen LogP contribution in [0.1, 0.15) is 40.4 Å². The molecule has 1 aliphatic rings. The normalized spacial score (nSPS) is 13.6. The molecule has 3 aromatic heterocycles. The lowest BCUT2D eigenvalue weighted by Crippen LogP contribution is -2.47. The Hall–Kier alpha value is -4.77. The molecule has 5 rings (SSSR count). The first-order valence-corrected chi connectivity index (χ1v) is 16.4. The van der Waals surface area contributed by atoms with E-state index < -0.39 is 28.1 Å². The number of aliphatic hydroxyl groups excluding tert-OH is 1. The highest BCUT2D eigenvalue weighted by Crippen LogP contribution is 2.32. The average Bonchev–Trinajstić information content (AvgIpc) is 3.34. The van der Waals surface area contributed by atoms with E-state index in [9.17, 15) is 23.1 Å². The maximum absolute atomic E-state index is 13.5. The molecule has 4 heterocycles. The number of hydrogen-bond acceptors (Lipinski definition) is 12. The smallest absolute Gasteiger partial charge is 0.261 e. The quantitative estimate of drug-likeness (QED) is 0.188. The van der Waals surface area contributed by atoms with Crippen LogP contribution in [-0.4, -0.2) is 92.7 Å². The summed E-state index contributed by atoms with van der Waals surface area (Å²) in [5, 5.41) is 16.2. The average molecular weight is 684 g/mol. The summed E-state index contributed by atoms with van der Waals surface area (Å²) in [6, 6.07) is 11.0. The summed E-state index contributed by atoms with van der Waals surface area (Å²) in [7, 11) is 0.0519. The van der Waals surface area contributed by atoms with Gasteiger partial charge in [0.05, 0.1) is 41.5 Å². The lowest BCUT2D eigenvalue weighted by Gasteiger charge is -2.26. The molecule has 0 fully saturated rings. The van der Waals surface area contributed by atoms with E-state index in [1.807, 2.05) is 43.3 Å². The van der Waals surface area contributed by atoms with Gasteiger partial charge in [0.25, 0.3) is 16.0 Å². The molecule has 1 aromatic carbocycles. The van der Waals surface area contributed by atoms with Crippen molar-refractivity contribution in [1.29, 1.82) is 0 Å². The summed E-state index contributed by atoms with van der Waals surface area (Å²) in [5.74, 6) is 1.43. The number of anilines is 3. The molecule has 4 aromatic rings. The molecule has 0 unspecified atom stereocenters. The minimum absolute atomic E-state index is 0.262. The Kier molecular flexibility index (Phi) is 11.0. The molecular formula is C30H34ClN9O6S. The number of amides is 2. The summed E-state index contributed by atoms with van der Waals surface area (Å²) in [4.78, 5) is 51.7. The van der Waals surface area contributed by atoms with Crippen LogP contribution < -0.4 is 15.5 Å². The lowest BCUT2D eigenvalue weighted by molar-refractivity contribution is -0.126. The molecule has 0 spiro atoms. The van der Waals surface area contributed by atoms with Crippen molar-refractivity contribution in [1.82, 2.24) is 35.1 Å². The summed E-state index contributed by atoms with van der Waals surface area (Å²) < 4.78 is 25.9. The van der Waals surface area contributed by atoms with Crippen LogP contribution in [0, 0.1) is 6.92 Å². The van der Waals surface area contributed by atoms with Crippen LogP contribution in [0.3, 0.4) is 0 Å². The van der Waals surface area contributed by atoms with Crippen molar-refractivity contribution >= 4 is 51.1 Å². The second-order valence-electron chi connectivity index (χ2n) is 10.8. The van der Waals surface area contributed by atoms with E-state index in [1.165, 1.54) is 11.1 Å². The second-order valence-corrected chi connectivity index (χ2v) is 12.7. The monoisotopic (exact) mass is 683 g/mol. The zero-order valence-electron chi connectivity index (χ0n) is 26.2. The summed E-state index contributed by atoms with van der Waals surface area (Å²) in [5.41, 5.74) is 2.83. The van der Waals surface area contributed by atoms with Crippen molar-refractivity contribution in [2.45, 2.75) is 32.5 Å². The van der Waals surface area contributed by atoms with E-state index in [4.69, 9.17) is 16.2 Å². The number of carbonyl (C=O) groups excluding carboxylic acids is 2. The minimum Gasteiger partial charge on any atom is -0.394 e. The molecular weight excluding hydrogens is 650 g/mol. The number of aliphatic hydroxyl groups is 1. The van der Waals surface area contributed by atoms with Crippen LogP contribution in [0.4, 0.5) is 17.6 Å². The molecule has 0 saturated heterocycles. The van der Waals surface area contributed by atoms with Crippen molar-refractivity contribution in [2.24, 2.45) is 0 Å². The third-order valence-corrected chi connectivity index (χ3v) is 7.17. The first-order chi connectivity index (χ1) is 22.1. The summed E-state index contributed by atoms with van der Waals surface area (Å²) >= 11 is 6.45. The van der Waals surface area contributed by atoms with Crippen molar-refractivity contribution in [3.8, 4) is 11.3 Å². The third-order valence-electron chi connectivity index (χ3n) is 6.89. The van der Waals surface area contributed by atoms with Gasteiger partial charge in [-0.15, -0.1) is 0 Å². The number of fused-ring (bicyclic) bond motifs is 1. The number of aryl methyl sites for hydroxylation is 1. The first kappa shape index (κ1) is 35.1. The topological polar surface area (TPSA) is 204 Å². The van der Waals surface area contributed by atoms with Gasteiger partial charge in [0.2, 0.25) is 11.9 Å². The van der Waals surface area contributed by atoms with Crippen LogP contribution in [-0.2, 0) is 21.5 Å². The zero-order chi connectivity index (χ0) is 34.5. The van der Waals surface area contributed by atoms with Gasteiger partial charge < -0.3 is 25.5 Å². The Labute approximate surface area is 276 Å². The number of benzene rings is 1. The van der Waals surface area contributed by atoms with Crippen molar-refractivity contribution in [3.63, 3.8) is 0 Å². The Bertz CT molecular complexity index is 1890. The number of rotatable bonds is 9. The molecule has 1 aliphatic heterocycles. The zero-order valence-corrected chi connectivity index (χ0v) is 27.8. The van der Waals surface area contributed by atoms with Crippen molar-refractivity contribution in [2.75, 3.05) is 37.2 Å². The Morgan fingerprint density at radius 3 is 2.51 bits per heavy atom. The first-order valence-electron chi connectivity index (χ1n) is 14.2. The number of nitrogens with zero attached hydrogens (tertiary/aromatic N) is 7. The molecule has 0 saturated carbocycles. The molecule has 0 bridgehead atoms. The highest BCUT2D eigenvalue weighted by molar-refractivity contribution is 7.85. The minimum atomic E-state index is -3.67. The maximum Gasteiger partial charge on any atom is 0.261 e. The van der Waals surface area contributed by atoms with E-state index >= 15 is 0 Å². The number of halogens is 1. The van der Waals surface area contributed by atoms with Crippen LogP contribution in [0.2, 0.25) is 5.02 Å². The molecule has 4 N–H and O–H groups in total. The molecule has 15 nitrogen and oxygen atoms in total. The third kappa shape index (κ3) is 9.16. The fourth-order valence-corrected chi connectivity index (χ4v) is 4.78. The van der Waals surface area contributed by atoms with Gasteiger partial charge in [-0.1, -0.05) is 29.8 Å². The number of aromatic nitrogens is 5. The molecule has 0 radical (unpaired) electrons. The standard InChI is InChI=1S/C29H30ClN9O3.CH4O3S/c1-16(27(41)35-23(15-40)22-6-5-7-25(34-22)38(3)4)39-14-19-9-8-18(12-20(19)28(39)42)26-21(30)13-32-29(37-26)36-24-10-11-31-17(2)33-24;1-5(2,3)4/h5-13,16,23,40H,14-15H2,1-4H3,(H,35,41)(H,31,32,33,36,37);1H3,(H,2,3,4)/t16-,23-;/m1./s1. The molecule has 2 amide bonds. The van der Waals surface area contributed by atoms with Gasteiger partial charge in [-0.05, 0) is 43.7 Å². The van der Waals surface area contributed by atoms with Gasteiger partial charge in [0, 0.05) is 38.0 Å². The van der Waals surface area contributed by atoms with Gasteiger partial charge >= 0.3 is 0 Å². The van der Waals surface area contributed by atoms with Crippen molar-refractivity contribution < 1.29 is 27.7 Å². The van der Waals surface area contributed by atoms with E-state index in [0.717, 1.165) is 5.56 Å². The molecule has 2 atom stereocenters. The SMILES string of the molecule is CS(=O)(=O)O.Cc1nccc(Nc2ncc(Cl)c(-c3ccc4c(c3)C(=O)N([C@H](C)C(=O)N[C@H](CO)c3cccc(N(C)C)n3)C4)n2)n1. The number of hydrogen-bond donors (Lipinski definition) is 4. The van der Waals surface area contributed by atoms with Crippen LogP contribution in [0.15, 0.2) is 54.9 Å². The predicted octanol–water partition coefficient (Wildman–Crippen LogP) is 2.80. The number of carbonyl (C=O) groups is 2. The van der Waals surface area contributed by atoms with E-state index in [0.29, 0.717) is 51.3 Å². The molecule has 17 heteroatoms. The largest absolute Gasteiger partial charge is 0.394 e. The molecule has 47 heavy (non-hydrogen) atoms. The van der Waals surface area contributed by atoms with E-state index in [1.54, 1.807) is 38.2 Å². The molecule has 248 valence electrons. The van der Waals surface area contributed by atoms with Crippen LogP contribution >= 0.6 is 11.6 Å². The van der Waals surface area contributed by atoms with Crippen LogP contribution in [0.5, 0.6) is 0 Å². The van der Waals surface area contributed by atoms with Gasteiger partial charge in [-0.2, -0.15) is 8.42 Å². The Morgan fingerprint density at radius 1 is 1.13 bits per heavy atom. The Morgan fingerprint density at radius 2 is 1.85 bits per heavy atom. The summed E-state index contributed by atoms with van der Waals surface area (Å²) in [6.07, 6.45) is 3.83. The van der Waals surface area contributed by atoms with E-state index in [2.05, 4.69) is 35.6 Å². The maximum atomic E-state index is 13.5. The fraction of sp³-hybridized carbons (Fsp3) is 0.300. The fourth-order valence-electron chi connectivity index (χ4n) is 4.58. The highest BCUT2D eigenvalue weighted by atomic mass is 35.5. The number of nitrogens with one attached hydrogen (secondary N) is 2. The second kappa shape index (κ2) is 14.8. The number of pyridine rings is 1. The van der Waals surface area contributed by atoms with Gasteiger partial charge in [-0.3, -0.25) is 14.1 Å². The van der Waals surface area contributed by atoms with Crippen LogP contribution in [0.25, 0.3) is 11.3 Å². The lowest BCUT2D eigenvalue weighted by atomic mass is 10.0. The van der Waals surface area contributed by atoms with Gasteiger partial charge in [-0.25, -0.2) is 24.9 Å². The molecule has 0 aliphatic carbocycles. The van der Waals surface area contributed by atoms with E-state index in [-0.39, 0.29) is 25.0 Å². The van der Waals surface area contributed by atoms with Crippen molar-refractivity contribution in [3.05, 3.63) is 82.5 Å². The predicted molar refractivity (Wildman–Crippen MR) is 176 cm³/mol.